The van der Waals surface area contributed by atoms with Crippen molar-refractivity contribution in [1.29, 1.82) is 0 Å². The van der Waals surface area contributed by atoms with Gasteiger partial charge in [-0.05, 0) is 18.6 Å². The van der Waals surface area contributed by atoms with Gasteiger partial charge in [0, 0.05) is 11.6 Å². The van der Waals surface area contributed by atoms with Crippen molar-refractivity contribution in [2.45, 2.75) is 6.92 Å². The predicted molar refractivity (Wildman–Crippen MR) is 64.2 cm³/mol. The zero-order valence-electron chi connectivity index (χ0n) is 9.23. The van der Waals surface area contributed by atoms with Gasteiger partial charge >= 0.3 is 5.97 Å². The number of rotatable bonds is 2. The number of benzene rings is 1. The monoisotopic (exact) mass is 229 g/mol. The number of hydrogen-bond acceptors (Lipinski definition) is 2. The Balaban J connectivity index is 2.67. The molecule has 86 valence electrons. The fraction of sp³-hybridized carbons (Fsp3) is 0.0769. The SMILES string of the molecule is Cc1cccc(-c2ccc(=O)[nH]c2C(=O)O)c1. The van der Waals surface area contributed by atoms with Crippen LogP contribution in [0.3, 0.4) is 0 Å². The molecule has 0 aliphatic heterocycles. The van der Waals surface area contributed by atoms with Crippen LogP contribution in [-0.4, -0.2) is 16.1 Å². The van der Waals surface area contributed by atoms with E-state index in [2.05, 4.69) is 4.98 Å². The van der Waals surface area contributed by atoms with Gasteiger partial charge in [0.2, 0.25) is 5.56 Å². The van der Waals surface area contributed by atoms with Crippen molar-refractivity contribution in [2.75, 3.05) is 0 Å². The fourth-order valence-electron chi connectivity index (χ4n) is 1.70. The van der Waals surface area contributed by atoms with E-state index in [-0.39, 0.29) is 5.69 Å². The molecule has 0 amide bonds. The van der Waals surface area contributed by atoms with E-state index in [0.29, 0.717) is 5.56 Å². The lowest BCUT2D eigenvalue weighted by Gasteiger charge is -2.06. The van der Waals surface area contributed by atoms with Crippen LogP contribution in [0.1, 0.15) is 16.1 Å². The number of hydrogen-bond donors (Lipinski definition) is 2. The Morgan fingerprint density at radius 1 is 1.24 bits per heavy atom. The summed E-state index contributed by atoms with van der Waals surface area (Å²) in [4.78, 5) is 24.5. The first-order valence-electron chi connectivity index (χ1n) is 5.11. The van der Waals surface area contributed by atoms with E-state index >= 15 is 0 Å². The highest BCUT2D eigenvalue weighted by atomic mass is 16.4. The van der Waals surface area contributed by atoms with E-state index in [1.807, 2.05) is 31.2 Å². The molecule has 4 nitrogen and oxygen atoms in total. The first-order chi connectivity index (χ1) is 8.08. The minimum absolute atomic E-state index is 0.0805. The van der Waals surface area contributed by atoms with Crippen molar-refractivity contribution < 1.29 is 9.90 Å². The summed E-state index contributed by atoms with van der Waals surface area (Å²) in [6.45, 7) is 1.93. The van der Waals surface area contributed by atoms with Crippen molar-refractivity contribution in [3.8, 4) is 11.1 Å². The molecule has 4 heteroatoms. The van der Waals surface area contributed by atoms with Crippen LogP contribution in [-0.2, 0) is 0 Å². The first-order valence-corrected chi connectivity index (χ1v) is 5.11. The van der Waals surface area contributed by atoms with Crippen molar-refractivity contribution in [1.82, 2.24) is 4.98 Å². The molecule has 1 aromatic heterocycles. The van der Waals surface area contributed by atoms with Crippen LogP contribution in [0.4, 0.5) is 0 Å². The second kappa shape index (κ2) is 4.25. The molecule has 1 aromatic carbocycles. The van der Waals surface area contributed by atoms with Gasteiger partial charge in [0.15, 0.2) is 0 Å². The molecule has 0 atom stereocenters. The Morgan fingerprint density at radius 3 is 2.65 bits per heavy atom. The van der Waals surface area contributed by atoms with E-state index in [1.165, 1.54) is 12.1 Å². The number of aromatic nitrogens is 1. The fourth-order valence-corrected chi connectivity index (χ4v) is 1.70. The number of carboxylic acids is 1. The number of H-pyrrole nitrogens is 1. The number of carbonyl (C=O) groups is 1. The second-order valence-electron chi connectivity index (χ2n) is 3.79. The van der Waals surface area contributed by atoms with Gasteiger partial charge in [-0.2, -0.15) is 0 Å². The highest BCUT2D eigenvalue weighted by Gasteiger charge is 2.12. The summed E-state index contributed by atoms with van der Waals surface area (Å²) >= 11 is 0. The first kappa shape index (κ1) is 11.1. The van der Waals surface area contributed by atoms with Crippen LogP contribution in [0.2, 0.25) is 0 Å². The third-order valence-electron chi connectivity index (χ3n) is 2.46. The largest absolute Gasteiger partial charge is 0.477 e. The molecule has 17 heavy (non-hydrogen) atoms. The van der Waals surface area contributed by atoms with Crippen molar-refractivity contribution in [3.05, 3.63) is 58.0 Å². The molecule has 0 fully saturated rings. The molecule has 0 saturated carbocycles. The Kier molecular flexibility index (Phi) is 2.78. The van der Waals surface area contributed by atoms with Crippen LogP contribution in [0.25, 0.3) is 11.1 Å². The number of nitrogens with one attached hydrogen (secondary N) is 1. The molecule has 0 radical (unpaired) electrons. The van der Waals surface area contributed by atoms with Gasteiger partial charge in [-0.1, -0.05) is 29.8 Å². The maximum Gasteiger partial charge on any atom is 0.353 e. The molecule has 2 N–H and O–H groups in total. The van der Waals surface area contributed by atoms with Crippen LogP contribution in [0, 0.1) is 6.92 Å². The Bertz CT molecular complexity index is 629. The molecule has 0 aliphatic rings. The number of aryl methyl sites for hydroxylation is 1. The van der Waals surface area contributed by atoms with E-state index in [1.54, 1.807) is 0 Å². The zero-order chi connectivity index (χ0) is 12.4. The summed E-state index contributed by atoms with van der Waals surface area (Å²) in [6.07, 6.45) is 0. The van der Waals surface area contributed by atoms with E-state index in [0.717, 1.165) is 11.1 Å². The van der Waals surface area contributed by atoms with Gasteiger partial charge in [-0.25, -0.2) is 4.79 Å². The standard InChI is InChI=1S/C13H11NO3/c1-8-3-2-4-9(7-8)10-5-6-11(15)14-12(10)13(16)17/h2-7H,1H3,(H,14,15)(H,16,17). The molecule has 1 heterocycles. The second-order valence-corrected chi connectivity index (χ2v) is 3.79. The van der Waals surface area contributed by atoms with Gasteiger partial charge in [0.25, 0.3) is 0 Å². The maximum absolute atomic E-state index is 11.1. The summed E-state index contributed by atoms with van der Waals surface area (Å²) < 4.78 is 0. The molecule has 2 aromatic rings. The summed E-state index contributed by atoms with van der Waals surface area (Å²) in [5.74, 6) is -1.14. The van der Waals surface area contributed by atoms with Crippen LogP contribution in [0.5, 0.6) is 0 Å². The number of carboxylic acid groups (broad SMARTS) is 1. The van der Waals surface area contributed by atoms with Gasteiger partial charge in [-0.15, -0.1) is 0 Å². The number of aromatic amines is 1. The lowest BCUT2D eigenvalue weighted by molar-refractivity contribution is 0.0691. The Hall–Kier alpha value is -2.36. The van der Waals surface area contributed by atoms with Crippen LogP contribution < -0.4 is 5.56 Å². The molecule has 2 rings (SSSR count). The average molecular weight is 229 g/mol. The Morgan fingerprint density at radius 2 is 2.00 bits per heavy atom. The molecule has 0 unspecified atom stereocenters. The van der Waals surface area contributed by atoms with E-state index in [4.69, 9.17) is 5.11 Å². The molecular weight excluding hydrogens is 218 g/mol. The molecule has 0 saturated heterocycles. The molecule has 0 spiro atoms. The average Bonchev–Trinajstić information content (AvgIpc) is 2.28. The van der Waals surface area contributed by atoms with Crippen LogP contribution >= 0.6 is 0 Å². The smallest absolute Gasteiger partial charge is 0.353 e. The summed E-state index contributed by atoms with van der Waals surface area (Å²) in [6, 6.07) is 10.3. The lowest BCUT2D eigenvalue weighted by atomic mass is 10.0. The molecule has 0 aliphatic carbocycles. The minimum atomic E-state index is -1.14. The van der Waals surface area contributed by atoms with E-state index in [9.17, 15) is 9.59 Å². The summed E-state index contributed by atoms with van der Waals surface area (Å²) in [7, 11) is 0. The highest BCUT2D eigenvalue weighted by Crippen LogP contribution is 2.22. The summed E-state index contributed by atoms with van der Waals surface area (Å²) in [5, 5.41) is 9.05. The maximum atomic E-state index is 11.1. The minimum Gasteiger partial charge on any atom is -0.477 e. The summed E-state index contributed by atoms with van der Waals surface area (Å²) in [5.41, 5.74) is 1.83. The number of pyridine rings is 1. The van der Waals surface area contributed by atoms with Gasteiger partial charge in [0.05, 0.1) is 0 Å². The number of aromatic carboxylic acids is 1. The van der Waals surface area contributed by atoms with Crippen LogP contribution in [0.15, 0.2) is 41.2 Å². The highest BCUT2D eigenvalue weighted by molar-refractivity contribution is 5.93. The topological polar surface area (TPSA) is 70.2 Å². The lowest BCUT2D eigenvalue weighted by Crippen LogP contribution is -2.12. The van der Waals surface area contributed by atoms with Crippen molar-refractivity contribution in [3.63, 3.8) is 0 Å². The normalized spacial score (nSPS) is 10.2. The van der Waals surface area contributed by atoms with Gasteiger partial charge in [0.1, 0.15) is 5.69 Å². The molecular formula is C13H11NO3. The third-order valence-corrected chi connectivity index (χ3v) is 2.46. The van der Waals surface area contributed by atoms with Crippen molar-refractivity contribution >= 4 is 5.97 Å². The Labute approximate surface area is 97.6 Å². The van der Waals surface area contributed by atoms with Gasteiger partial charge < -0.3 is 10.1 Å². The predicted octanol–water partition coefficient (Wildman–Crippen LogP) is 2.05. The quantitative estimate of drug-likeness (QED) is 0.827. The zero-order valence-corrected chi connectivity index (χ0v) is 9.23. The van der Waals surface area contributed by atoms with Crippen molar-refractivity contribution in [2.24, 2.45) is 0 Å². The van der Waals surface area contributed by atoms with Gasteiger partial charge in [-0.3, -0.25) is 4.79 Å². The third kappa shape index (κ3) is 2.25. The molecule has 0 bridgehead atoms. The van der Waals surface area contributed by atoms with E-state index < -0.39 is 11.5 Å².